The molecule has 0 aromatic heterocycles. The van der Waals surface area contributed by atoms with E-state index in [-0.39, 0.29) is 24.1 Å². The second-order valence-electron chi connectivity index (χ2n) is 5.38. The number of hydrogen-bond acceptors (Lipinski definition) is 3. The SMILES string of the molecule is N#CCC(=O)N1CCC(CNC(=O)c2ccc(F)cc2)CC1. The van der Waals surface area contributed by atoms with Crippen LogP contribution in [0.3, 0.4) is 0 Å². The molecule has 0 saturated carbocycles. The number of nitrogens with one attached hydrogen (secondary N) is 1. The number of likely N-dealkylation sites (tertiary alicyclic amines) is 1. The number of benzene rings is 1. The molecule has 1 fully saturated rings. The Labute approximate surface area is 128 Å². The van der Waals surface area contributed by atoms with Gasteiger partial charge < -0.3 is 10.2 Å². The van der Waals surface area contributed by atoms with Crippen LogP contribution in [-0.4, -0.2) is 36.3 Å². The Morgan fingerprint density at radius 1 is 1.27 bits per heavy atom. The van der Waals surface area contributed by atoms with Crippen molar-refractivity contribution >= 4 is 11.8 Å². The minimum absolute atomic E-state index is 0.0774. The molecule has 1 N–H and O–H groups in total. The van der Waals surface area contributed by atoms with Gasteiger partial charge in [0, 0.05) is 25.2 Å². The summed E-state index contributed by atoms with van der Waals surface area (Å²) in [7, 11) is 0. The standard InChI is InChI=1S/C16H18FN3O2/c17-14-3-1-13(2-4-14)16(22)19-11-12-6-9-20(10-7-12)15(21)5-8-18/h1-4,12H,5-7,9-11H2,(H,19,22). The van der Waals surface area contributed by atoms with Gasteiger partial charge >= 0.3 is 0 Å². The molecule has 6 heteroatoms. The topological polar surface area (TPSA) is 73.2 Å². The maximum absolute atomic E-state index is 12.8. The average molecular weight is 303 g/mol. The van der Waals surface area contributed by atoms with Crippen molar-refractivity contribution < 1.29 is 14.0 Å². The van der Waals surface area contributed by atoms with Gasteiger partial charge in [-0.2, -0.15) is 5.26 Å². The summed E-state index contributed by atoms with van der Waals surface area (Å²) >= 11 is 0. The molecule has 2 amide bonds. The molecule has 0 bridgehead atoms. The lowest BCUT2D eigenvalue weighted by Crippen LogP contribution is -2.41. The van der Waals surface area contributed by atoms with Gasteiger partial charge in [0.2, 0.25) is 5.91 Å². The third-order valence-corrected chi connectivity index (χ3v) is 3.86. The van der Waals surface area contributed by atoms with Crippen molar-refractivity contribution in [3.63, 3.8) is 0 Å². The van der Waals surface area contributed by atoms with Crippen LogP contribution in [-0.2, 0) is 4.79 Å². The molecule has 1 aromatic rings. The highest BCUT2D eigenvalue weighted by Gasteiger charge is 2.22. The van der Waals surface area contributed by atoms with Crippen LogP contribution in [0.15, 0.2) is 24.3 Å². The van der Waals surface area contributed by atoms with Crippen LogP contribution in [0.2, 0.25) is 0 Å². The van der Waals surface area contributed by atoms with Gasteiger partial charge in [0.15, 0.2) is 0 Å². The molecule has 0 atom stereocenters. The van der Waals surface area contributed by atoms with E-state index in [0.717, 1.165) is 12.8 Å². The van der Waals surface area contributed by atoms with E-state index < -0.39 is 0 Å². The van der Waals surface area contributed by atoms with Crippen LogP contribution in [0.1, 0.15) is 29.6 Å². The number of nitriles is 1. The zero-order chi connectivity index (χ0) is 15.9. The summed E-state index contributed by atoms with van der Waals surface area (Å²) in [5.74, 6) is -0.402. The van der Waals surface area contributed by atoms with E-state index >= 15 is 0 Å². The largest absolute Gasteiger partial charge is 0.352 e. The Hall–Kier alpha value is -2.42. The van der Waals surface area contributed by atoms with Crippen LogP contribution in [0.25, 0.3) is 0 Å². The fourth-order valence-electron chi connectivity index (χ4n) is 2.51. The zero-order valence-electron chi connectivity index (χ0n) is 12.2. The van der Waals surface area contributed by atoms with Crippen LogP contribution >= 0.6 is 0 Å². The molecular weight excluding hydrogens is 285 g/mol. The quantitative estimate of drug-likeness (QED) is 0.920. The second-order valence-corrected chi connectivity index (χ2v) is 5.38. The predicted octanol–water partition coefficient (Wildman–Crippen LogP) is 1.71. The molecule has 1 aliphatic rings. The number of carbonyl (C=O) groups excluding carboxylic acids is 2. The highest BCUT2D eigenvalue weighted by Crippen LogP contribution is 2.17. The first-order valence-corrected chi connectivity index (χ1v) is 7.28. The summed E-state index contributed by atoms with van der Waals surface area (Å²) in [5, 5.41) is 11.4. The molecular formula is C16H18FN3O2. The van der Waals surface area contributed by atoms with Gasteiger partial charge in [0.05, 0.1) is 6.07 Å². The molecule has 116 valence electrons. The summed E-state index contributed by atoms with van der Waals surface area (Å²) in [4.78, 5) is 25.2. The maximum atomic E-state index is 12.8. The first-order valence-electron chi connectivity index (χ1n) is 7.28. The summed E-state index contributed by atoms with van der Waals surface area (Å²) in [6.07, 6.45) is 1.54. The molecule has 1 aliphatic heterocycles. The van der Waals surface area contributed by atoms with Crippen molar-refractivity contribution in [1.82, 2.24) is 10.2 Å². The smallest absolute Gasteiger partial charge is 0.251 e. The zero-order valence-corrected chi connectivity index (χ0v) is 12.2. The van der Waals surface area contributed by atoms with Crippen molar-refractivity contribution in [2.45, 2.75) is 19.3 Å². The van der Waals surface area contributed by atoms with Crippen molar-refractivity contribution in [1.29, 1.82) is 5.26 Å². The molecule has 2 rings (SSSR count). The van der Waals surface area contributed by atoms with Gasteiger partial charge in [0.1, 0.15) is 12.2 Å². The van der Waals surface area contributed by atoms with Gasteiger partial charge in [-0.05, 0) is 43.0 Å². The summed E-state index contributed by atoms with van der Waals surface area (Å²) in [5.41, 5.74) is 0.433. The lowest BCUT2D eigenvalue weighted by Gasteiger charge is -2.31. The molecule has 1 heterocycles. The normalized spacial score (nSPS) is 15.2. The number of nitrogens with zero attached hydrogens (tertiary/aromatic N) is 2. The highest BCUT2D eigenvalue weighted by atomic mass is 19.1. The van der Waals surface area contributed by atoms with Crippen LogP contribution in [0.5, 0.6) is 0 Å². The number of halogens is 1. The summed E-state index contributed by atoms with van der Waals surface area (Å²) < 4.78 is 12.8. The molecule has 0 unspecified atom stereocenters. The average Bonchev–Trinajstić information content (AvgIpc) is 2.54. The van der Waals surface area contributed by atoms with E-state index in [2.05, 4.69) is 5.32 Å². The molecule has 1 saturated heterocycles. The van der Waals surface area contributed by atoms with Crippen molar-refractivity contribution in [2.24, 2.45) is 5.92 Å². The van der Waals surface area contributed by atoms with Crippen LogP contribution < -0.4 is 5.32 Å². The number of amides is 2. The fraction of sp³-hybridized carbons (Fsp3) is 0.438. The number of piperidine rings is 1. The predicted molar refractivity (Wildman–Crippen MR) is 78.3 cm³/mol. The molecule has 0 radical (unpaired) electrons. The minimum Gasteiger partial charge on any atom is -0.352 e. The Bertz CT molecular complexity index is 572. The maximum Gasteiger partial charge on any atom is 0.251 e. The number of hydrogen-bond donors (Lipinski definition) is 1. The fourth-order valence-corrected chi connectivity index (χ4v) is 2.51. The van der Waals surface area contributed by atoms with Crippen LogP contribution in [0.4, 0.5) is 4.39 Å². The number of rotatable bonds is 4. The Kier molecular flexibility index (Phi) is 5.48. The first-order chi connectivity index (χ1) is 10.6. The van der Waals surface area contributed by atoms with Gasteiger partial charge in [0.25, 0.3) is 5.91 Å². The van der Waals surface area contributed by atoms with E-state index in [9.17, 15) is 14.0 Å². The second kappa shape index (κ2) is 7.55. The van der Waals surface area contributed by atoms with Gasteiger partial charge in [-0.3, -0.25) is 9.59 Å². The third kappa shape index (κ3) is 4.29. The summed E-state index contributed by atoms with van der Waals surface area (Å²) in [6, 6.07) is 7.28. The minimum atomic E-state index is -0.369. The number of carbonyl (C=O) groups is 2. The molecule has 5 nitrogen and oxygen atoms in total. The van der Waals surface area contributed by atoms with Crippen LogP contribution in [0, 0.1) is 23.1 Å². The van der Waals surface area contributed by atoms with E-state index in [1.54, 1.807) is 4.90 Å². The Morgan fingerprint density at radius 2 is 1.91 bits per heavy atom. The molecule has 0 spiro atoms. The van der Waals surface area contributed by atoms with Crippen molar-refractivity contribution in [2.75, 3.05) is 19.6 Å². The van der Waals surface area contributed by atoms with E-state index in [0.29, 0.717) is 31.1 Å². The molecule has 1 aromatic carbocycles. The Morgan fingerprint density at radius 3 is 2.50 bits per heavy atom. The lowest BCUT2D eigenvalue weighted by atomic mass is 9.96. The highest BCUT2D eigenvalue weighted by molar-refractivity contribution is 5.94. The van der Waals surface area contributed by atoms with Crippen molar-refractivity contribution in [3.8, 4) is 6.07 Å². The molecule has 22 heavy (non-hydrogen) atoms. The van der Waals surface area contributed by atoms with E-state index in [4.69, 9.17) is 5.26 Å². The van der Waals surface area contributed by atoms with Gasteiger partial charge in [-0.25, -0.2) is 4.39 Å². The van der Waals surface area contributed by atoms with E-state index in [1.165, 1.54) is 24.3 Å². The third-order valence-electron chi connectivity index (χ3n) is 3.86. The van der Waals surface area contributed by atoms with Gasteiger partial charge in [-0.1, -0.05) is 0 Å². The first kappa shape index (κ1) is 16.0. The van der Waals surface area contributed by atoms with Gasteiger partial charge in [-0.15, -0.1) is 0 Å². The Balaban J connectivity index is 1.75. The van der Waals surface area contributed by atoms with E-state index in [1.807, 2.05) is 6.07 Å². The summed E-state index contributed by atoms with van der Waals surface area (Å²) in [6.45, 7) is 1.78. The molecule has 0 aliphatic carbocycles. The lowest BCUT2D eigenvalue weighted by molar-refractivity contribution is -0.131. The van der Waals surface area contributed by atoms with Crippen molar-refractivity contribution in [3.05, 3.63) is 35.6 Å². The monoisotopic (exact) mass is 303 g/mol.